The lowest BCUT2D eigenvalue weighted by molar-refractivity contribution is -0.384. The summed E-state index contributed by atoms with van der Waals surface area (Å²) in [4.78, 5) is 27.3. The molecule has 32 heavy (non-hydrogen) atoms. The van der Waals surface area contributed by atoms with Crippen LogP contribution in [0, 0.1) is 22.9 Å². The molecule has 4 rings (SSSR count). The Balaban J connectivity index is 1.69. The minimum absolute atomic E-state index is 0.0282. The van der Waals surface area contributed by atoms with E-state index in [4.69, 9.17) is 9.47 Å². The fourth-order valence-electron chi connectivity index (χ4n) is 3.15. The molecule has 3 aromatic rings. The van der Waals surface area contributed by atoms with Crippen LogP contribution in [0.1, 0.15) is 22.3 Å². The Labute approximate surface area is 182 Å². The van der Waals surface area contributed by atoms with E-state index in [0.717, 1.165) is 5.56 Å². The van der Waals surface area contributed by atoms with Gasteiger partial charge < -0.3 is 9.47 Å². The van der Waals surface area contributed by atoms with Crippen LogP contribution in [-0.2, 0) is 16.1 Å². The summed E-state index contributed by atoms with van der Waals surface area (Å²) in [5.41, 5.74) is 1.90. The number of carbonyl (C=O) groups excluding carboxylic acids is 1. The maximum atomic E-state index is 13.9. The summed E-state index contributed by atoms with van der Waals surface area (Å²) in [6.45, 7) is 1.77. The number of ether oxygens (including phenoxy) is 2. The van der Waals surface area contributed by atoms with Crippen LogP contribution in [0.15, 0.2) is 77.4 Å². The van der Waals surface area contributed by atoms with Crippen molar-refractivity contribution in [3.05, 3.63) is 111 Å². The predicted molar refractivity (Wildman–Crippen MR) is 116 cm³/mol. The van der Waals surface area contributed by atoms with E-state index in [1.807, 2.05) is 19.1 Å². The van der Waals surface area contributed by atoms with E-state index in [1.54, 1.807) is 30.3 Å². The molecule has 3 aromatic carbocycles. The number of aliphatic imine (C=N–C) groups is 1. The van der Waals surface area contributed by atoms with Gasteiger partial charge in [0.2, 0.25) is 5.90 Å². The van der Waals surface area contributed by atoms with Crippen molar-refractivity contribution in [1.82, 2.24) is 0 Å². The number of nitrogens with zero attached hydrogens (tertiary/aromatic N) is 2. The smallest absolute Gasteiger partial charge is 0.363 e. The normalized spacial score (nSPS) is 14.2. The topological polar surface area (TPSA) is 91.0 Å². The van der Waals surface area contributed by atoms with E-state index < -0.39 is 16.7 Å². The molecule has 0 bridgehead atoms. The van der Waals surface area contributed by atoms with Gasteiger partial charge in [0.1, 0.15) is 18.2 Å². The third-order valence-electron chi connectivity index (χ3n) is 4.83. The molecule has 0 spiro atoms. The lowest BCUT2D eigenvalue weighted by Gasteiger charge is -2.10. The van der Waals surface area contributed by atoms with Crippen LogP contribution in [0.3, 0.4) is 0 Å². The molecule has 0 aromatic heterocycles. The number of nitro benzene ring substituents is 1. The largest absolute Gasteiger partial charge is 0.488 e. The number of aryl methyl sites for hydroxylation is 1. The van der Waals surface area contributed by atoms with Gasteiger partial charge in [-0.05, 0) is 36.8 Å². The second kappa shape index (κ2) is 8.81. The number of cyclic esters (lactones) is 1. The summed E-state index contributed by atoms with van der Waals surface area (Å²) in [6.07, 6.45) is 1.36. The van der Waals surface area contributed by atoms with Crippen molar-refractivity contribution >= 4 is 23.6 Å². The Morgan fingerprint density at radius 3 is 2.62 bits per heavy atom. The number of hydrogen-bond donors (Lipinski definition) is 0. The molecule has 0 saturated heterocycles. The second-order valence-corrected chi connectivity index (χ2v) is 7.01. The first-order valence-electron chi connectivity index (χ1n) is 9.65. The van der Waals surface area contributed by atoms with Crippen molar-refractivity contribution in [2.24, 2.45) is 4.99 Å². The Kier molecular flexibility index (Phi) is 5.76. The first-order chi connectivity index (χ1) is 15.4. The highest BCUT2D eigenvalue weighted by Gasteiger charge is 2.26. The summed E-state index contributed by atoms with van der Waals surface area (Å²) >= 11 is 0. The molecule has 160 valence electrons. The SMILES string of the molecule is Cc1ccccc1C1=N/C(=C/c2cc([N+](=O)[O-])ccc2OCc2ccccc2F)C(=O)O1. The number of halogens is 1. The molecule has 0 atom stereocenters. The number of carbonyl (C=O) groups is 1. The van der Waals surface area contributed by atoms with Crippen LogP contribution in [0.4, 0.5) is 10.1 Å². The Bertz CT molecular complexity index is 1280. The van der Waals surface area contributed by atoms with Gasteiger partial charge in [0, 0.05) is 28.8 Å². The van der Waals surface area contributed by atoms with Crippen molar-refractivity contribution in [2.75, 3.05) is 0 Å². The van der Waals surface area contributed by atoms with Gasteiger partial charge in [0.15, 0.2) is 5.70 Å². The molecule has 0 unspecified atom stereocenters. The highest BCUT2D eigenvalue weighted by Crippen LogP contribution is 2.29. The van der Waals surface area contributed by atoms with Gasteiger partial charge >= 0.3 is 5.97 Å². The van der Waals surface area contributed by atoms with Gasteiger partial charge in [-0.25, -0.2) is 14.2 Å². The fraction of sp³-hybridized carbons (Fsp3) is 0.0833. The number of rotatable bonds is 6. The fourth-order valence-corrected chi connectivity index (χ4v) is 3.15. The molecule has 8 heteroatoms. The summed E-state index contributed by atoms with van der Waals surface area (Å²) < 4.78 is 24.9. The molecule has 0 amide bonds. The van der Waals surface area contributed by atoms with Gasteiger partial charge in [-0.2, -0.15) is 0 Å². The lowest BCUT2D eigenvalue weighted by atomic mass is 10.1. The molecule has 1 aliphatic rings. The highest BCUT2D eigenvalue weighted by atomic mass is 19.1. The van der Waals surface area contributed by atoms with Crippen LogP contribution >= 0.6 is 0 Å². The number of non-ortho nitro benzene ring substituents is 1. The zero-order valence-corrected chi connectivity index (χ0v) is 16.9. The summed E-state index contributed by atoms with van der Waals surface area (Å²) in [5, 5.41) is 11.2. The van der Waals surface area contributed by atoms with Crippen LogP contribution in [0.2, 0.25) is 0 Å². The van der Waals surface area contributed by atoms with E-state index in [2.05, 4.69) is 4.99 Å². The molecule has 0 fully saturated rings. The second-order valence-electron chi connectivity index (χ2n) is 7.01. The first kappa shape index (κ1) is 20.9. The van der Waals surface area contributed by atoms with Crippen molar-refractivity contribution in [3.63, 3.8) is 0 Å². The maximum absolute atomic E-state index is 13.9. The average molecular weight is 432 g/mol. The van der Waals surface area contributed by atoms with Crippen molar-refractivity contribution in [3.8, 4) is 5.75 Å². The number of esters is 1. The number of benzene rings is 3. The highest BCUT2D eigenvalue weighted by molar-refractivity contribution is 6.13. The zero-order valence-electron chi connectivity index (χ0n) is 16.9. The van der Waals surface area contributed by atoms with E-state index >= 15 is 0 Å². The predicted octanol–water partition coefficient (Wildman–Crippen LogP) is 4.97. The monoisotopic (exact) mass is 432 g/mol. The Morgan fingerprint density at radius 1 is 1.12 bits per heavy atom. The van der Waals surface area contributed by atoms with Gasteiger partial charge in [-0.15, -0.1) is 0 Å². The molecule has 7 nitrogen and oxygen atoms in total. The standard InChI is InChI=1S/C24H17FN2O5/c1-15-6-2-4-8-19(15)23-26-21(24(28)32-23)13-17-12-18(27(29)30)10-11-22(17)31-14-16-7-3-5-9-20(16)25/h2-13H,14H2,1H3/b21-13+. The lowest BCUT2D eigenvalue weighted by Crippen LogP contribution is -2.06. The molecule has 0 radical (unpaired) electrons. The minimum Gasteiger partial charge on any atom is -0.488 e. The maximum Gasteiger partial charge on any atom is 0.363 e. The quantitative estimate of drug-likeness (QED) is 0.237. The van der Waals surface area contributed by atoms with E-state index in [9.17, 15) is 19.3 Å². The van der Waals surface area contributed by atoms with Crippen LogP contribution in [-0.4, -0.2) is 16.8 Å². The first-order valence-corrected chi connectivity index (χ1v) is 9.65. The summed E-state index contributed by atoms with van der Waals surface area (Å²) in [6, 6.07) is 17.4. The van der Waals surface area contributed by atoms with E-state index in [-0.39, 0.29) is 35.2 Å². The molecule has 1 heterocycles. The molecule has 0 aliphatic carbocycles. The molecular weight excluding hydrogens is 415 g/mol. The van der Waals surface area contributed by atoms with Crippen molar-refractivity contribution in [2.45, 2.75) is 13.5 Å². The van der Waals surface area contributed by atoms with Crippen molar-refractivity contribution < 1.29 is 23.6 Å². The average Bonchev–Trinajstić information content (AvgIpc) is 3.14. The Hall–Kier alpha value is -4.33. The van der Waals surface area contributed by atoms with Crippen molar-refractivity contribution in [1.29, 1.82) is 0 Å². The Morgan fingerprint density at radius 2 is 1.88 bits per heavy atom. The molecule has 0 N–H and O–H groups in total. The minimum atomic E-state index is -0.685. The zero-order chi connectivity index (χ0) is 22.7. The van der Waals surface area contributed by atoms with Gasteiger partial charge in [-0.3, -0.25) is 10.1 Å². The van der Waals surface area contributed by atoms with Gasteiger partial charge in [0.05, 0.1) is 4.92 Å². The molecule has 1 aliphatic heterocycles. The van der Waals surface area contributed by atoms with Crippen LogP contribution in [0.25, 0.3) is 6.08 Å². The van der Waals surface area contributed by atoms with E-state index in [1.165, 1.54) is 30.3 Å². The third-order valence-corrected chi connectivity index (χ3v) is 4.83. The van der Waals surface area contributed by atoms with Crippen LogP contribution in [0.5, 0.6) is 5.75 Å². The third kappa shape index (κ3) is 4.39. The number of nitro groups is 1. The molecular formula is C24H17FN2O5. The molecule has 0 saturated carbocycles. The van der Waals surface area contributed by atoms with Crippen LogP contribution < -0.4 is 4.74 Å². The number of hydrogen-bond acceptors (Lipinski definition) is 6. The summed E-state index contributed by atoms with van der Waals surface area (Å²) in [5.74, 6) is -0.728. The van der Waals surface area contributed by atoms with E-state index in [0.29, 0.717) is 11.1 Å². The van der Waals surface area contributed by atoms with Gasteiger partial charge in [0.25, 0.3) is 5.69 Å². The summed E-state index contributed by atoms with van der Waals surface area (Å²) in [7, 11) is 0. The van der Waals surface area contributed by atoms with Gasteiger partial charge in [-0.1, -0.05) is 36.4 Å².